The van der Waals surface area contributed by atoms with Crippen LogP contribution in [-0.4, -0.2) is 4.98 Å². The summed E-state index contributed by atoms with van der Waals surface area (Å²) in [6, 6.07) is 8.34. The molecule has 2 aromatic heterocycles. The maximum atomic E-state index is 9.21. The van der Waals surface area contributed by atoms with Gasteiger partial charge in [-0.15, -0.1) is 11.3 Å². The number of nitriles is 1. The van der Waals surface area contributed by atoms with Gasteiger partial charge < -0.3 is 4.98 Å². The van der Waals surface area contributed by atoms with E-state index in [-0.39, 0.29) is 0 Å². The largest absolute Gasteiger partial charge is 0.349 e. The molecule has 0 aromatic carbocycles. The minimum atomic E-state index is 0.570. The van der Waals surface area contributed by atoms with Gasteiger partial charge in [0, 0.05) is 16.1 Å². The molecule has 0 atom stereocenters. The van der Waals surface area contributed by atoms with Crippen molar-refractivity contribution < 1.29 is 0 Å². The Labute approximate surface area is 109 Å². The Bertz CT molecular complexity index is 643. The number of aromatic amines is 1. The van der Waals surface area contributed by atoms with E-state index >= 15 is 0 Å². The molecule has 1 saturated carbocycles. The smallest absolute Gasteiger partial charge is 0.122 e. The number of pyridine rings is 1. The van der Waals surface area contributed by atoms with Crippen molar-refractivity contribution >= 4 is 23.6 Å². The molecule has 2 aromatic rings. The summed E-state index contributed by atoms with van der Waals surface area (Å²) in [5, 5.41) is 11.2. The molecule has 4 heteroatoms. The summed E-state index contributed by atoms with van der Waals surface area (Å²) in [6.07, 6.45) is 2.45. The fraction of sp³-hybridized carbons (Fsp3) is 0.231. The van der Waals surface area contributed by atoms with Crippen molar-refractivity contribution in [2.45, 2.75) is 18.8 Å². The fourth-order valence-corrected chi connectivity index (χ4v) is 2.95. The van der Waals surface area contributed by atoms with Crippen LogP contribution in [-0.2, 0) is 0 Å². The van der Waals surface area contributed by atoms with E-state index in [9.17, 15) is 5.26 Å². The van der Waals surface area contributed by atoms with Gasteiger partial charge in [-0.3, -0.25) is 0 Å². The number of aromatic nitrogens is 1. The predicted molar refractivity (Wildman–Crippen MR) is 71.6 cm³/mol. The van der Waals surface area contributed by atoms with Crippen molar-refractivity contribution in [3.8, 4) is 16.5 Å². The summed E-state index contributed by atoms with van der Waals surface area (Å²) >= 11 is 6.92. The summed E-state index contributed by atoms with van der Waals surface area (Å²) < 4.78 is 0.570. The molecule has 0 spiro atoms. The summed E-state index contributed by atoms with van der Waals surface area (Å²) in [5.41, 5.74) is 2.75. The van der Waals surface area contributed by atoms with Gasteiger partial charge in [0.15, 0.2) is 0 Å². The Kier molecular flexibility index (Phi) is 2.58. The van der Waals surface area contributed by atoms with Crippen LogP contribution in [0.2, 0.25) is 0 Å². The van der Waals surface area contributed by atoms with E-state index in [0.717, 1.165) is 10.4 Å². The molecule has 1 aliphatic carbocycles. The lowest BCUT2D eigenvalue weighted by Crippen LogP contribution is -1.93. The maximum absolute atomic E-state index is 9.21. The third-order valence-corrected chi connectivity index (χ3v) is 4.18. The van der Waals surface area contributed by atoms with E-state index in [4.69, 9.17) is 12.2 Å². The van der Waals surface area contributed by atoms with Crippen LogP contribution in [0.3, 0.4) is 0 Å². The van der Waals surface area contributed by atoms with Crippen LogP contribution in [0.15, 0.2) is 23.6 Å². The van der Waals surface area contributed by atoms with Gasteiger partial charge >= 0.3 is 0 Å². The van der Waals surface area contributed by atoms with E-state index in [1.807, 2.05) is 17.5 Å². The second-order valence-electron chi connectivity index (χ2n) is 4.21. The van der Waals surface area contributed by atoms with Crippen LogP contribution in [0.5, 0.6) is 0 Å². The zero-order chi connectivity index (χ0) is 11.8. The molecule has 0 saturated heterocycles. The van der Waals surface area contributed by atoms with Crippen molar-refractivity contribution in [1.82, 2.24) is 4.98 Å². The zero-order valence-electron chi connectivity index (χ0n) is 9.06. The highest BCUT2D eigenvalue weighted by atomic mass is 32.1. The average Bonchev–Trinajstić information content (AvgIpc) is 3.04. The number of thiophene rings is 1. The summed E-state index contributed by atoms with van der Waals surface area (Å²) in [7, 11) is 0. The quantitative estimate of drug-likeness (QED) is 0.819. The molecule has 2 heterocycles. The van der Waals surface area contributed by atoms with E-state index in [2.05, 4.69) is 17.1 Å². The van der Waals surface area contributed by atoms with Crippen molar-refractivity contribution in [2.75, 3.05) is 0 Å². The maximum Gasteiger partial charge on any atom is 0.122 e. The number of H-pyrrole nitrogens is 1. The molecular weight excluding hydrogens is 248 g/mol. The first-order valence-corrected chi connectivity index (χ1v) is 6.79. The number of nitrogens with one attached hydrogen (secondary N) is 1. The van der Waals surface area contributed by atoms with Gasteiger partial charge in [0.2, 0.25) is 0 Å². The molecule has 0 unspecified atom stereocenters. The first-order valence-electron chi connectivity index (χ1n) is 5.51. The topological polar surface area (TPSA) is 39.6 Å². The molecule has 17 heavy (non-hydrogen) atoms. The summed E-state index contributed by atoms with van der Waals surface area (Å²) in [6.45, 7) is 0. The third kappa shape index (κ3) is 1.92. The van der Waals surface area contributed by atoms with E-state index in [1.54, 1.807) is 11.3 Å². The highest BCUT2D eigenvalue weighted by molar-refractivity contribution is 7.71. The molecule has 84 valence electrons. The molecule has 1 N–H and O–H groups in total. The van der Waals surface area contributed by atoms with Crippen LogP contribution in [0.25, 0.3) is 10.4 Å². The molecule has 1 fully saturated rings. The zero-order valence-corrected chi connectivity index (χ0v) is 10.7. The number of rotatable bonds is 2. The lowest BCUT2D eigenvalue weighted by Gasteiger charge is -2.06. The van der Waals surface area contributed by atoms with Gasteiger partial charge in [0.1, 0.15) is 10.7 Å². The lowest BCUT2D eigenvalue weighted by atomic mass is 10.1. The molecule has 0 amide bonds. The van der Waals surface area contributed by atoms with Crippen LogP contribution < -0.4 is 0 Å². The third-order valence-electron chi connectivity index (χ3n) is 2.97. The van der Waals surface area contributed by atoms with Gasteiger partial charge in [0.25, 0.3) is 0 Å². The Morgan fingerprint density at radius 1 is 1.47 bits per heavy atom. The van der Waals surface area contributed by atoms with Crippen LogP contribution in [0.4, 0.5) is 0 Å². The molecule has 1 aliphatic rings. The van der Waals surface area contributed by atoms with E-state index in [0.29, 0.717) is 16.1 Å². The second kappa shape index (κ2) is 4.10. The van der Waals surface area contributed by atoms with Crippen molar-refractivity contribution in [2.24, 2.45) is 0 Å². The monoisotopic (exact) mass is 258 g/mol. The second-order valence-corrected chi connectivity index (χ2v) is 5.56. The minimum absolute atomic E-state index is 0.570. The average molecular weight is 258 g/mol. The Morgan fingerprint density at radius 2 is 2.29 bits per heavy atom. The Balaban J connectivity index is 2.24. The normalized spacial score (nSPS) is 14.5. The van der Waals surface area contributed by atoms with E-state index < -0.39 is 0 Å². The SMILES string of the molecule is N#Cc1c(-c2cccs2)cc(C2CC2)[nH]c1=S. The van der Waals surface area contributed by atoms with Gasteiger partial charge in [-0.05, 0) is 36.3 Å². The van der Waals surface area contributed by atoms with Crippen molar-refractivity contribution in [3.63, 3.8) is 0 Å². The summed E-state index contributed by atoms with van der Waals surface area (Å²) in [5.74, 6) is 0.614. The molecule has 0 radical (unpaired) electrons. The molecule has 2 nitrogen and oxygen atoms in total. The highest BCUT2D eigenvalue weighted by Crippen LogP contribution is 2.41. The Hall–Kier alpha value is -1.44. The number of nitrogens with zero attached hydrogens (tertiary/aromatic N) is 1. The van der Waals surface area contributed by atoms with Crippen molar-refractivity contribution in [1.29, 1.82) is 5.26 Å². The summed E-state index contributed by atoms with van der Waals surface area (Å²) in [4.78, 5) is 4.30. The van der Waals surface area contributed by atoms with Gasteiger partial charge in [0.05, 0.1) is 5.56 Å². The van der Waals surface area contributed by atoms with Crippen LogP contribution in [0, 0.1) is 16.0 Å². The molecule has 0 aliphatic heterocycles. The minimum Gasteiger partial charge on any atom is -0.349 e. The number of hydrogen-bond acceptors (Lipinski definition) is 3. The van der Waals surface area contributed by atoms with Gasteiger partial charge in [-0.25, -0.2) is 0 Å². The Morgan fingerprint density at radius 3 is 2.88 bits per heavy atom. The predicted octanol–water partition coefficient (Wildman–Crippen LogP) is 4.22. The highest BCUT2D eigenvalue weighted by Gasteiger charge is 2.25. The van der Waals surface area contributed by atoms with Gasteiger partial charge in [-0.1, -0.05) is 18.3 Å². The van der Waals surface area contributed by atoms with Crippen LogP contribution in [0.1, 0.15) is 30.0 Å². The first kappa shape index (κ1) is 10.7. The van der Waals surface area contributed by atoms with Crippen LogP contribution >= 0.6 is 23.6 Å². The fourth-order valence-electron chi connectivity index (χ4n) is 1.93. The number of hydrogen-bond donors (Lipinski definition) is 1. The lowest BCUT2D eigenvalue weighted by molar-refractivity contribution is 1.01. The first-order chi connectivity index (χ1) is 8.29. The molecule has 0 bridgehead atoms. The van der Waals surface area contributed by atoms with E-state index in [1.165, 1.54) is 18.5 Å². The molecular formula is C13H10N2S2. The standard InChI is InChI=1S/C13H10N2S2/c14-7-10-9(12-2-1-5-17-12)6-11(8-3-4-8)15-13(10)16/h1-2,5-6,8H,3-4H2,(H,15,16). The van der Waals surface area contributed by atoms with Gasteiger partial charge in [-0.2, -0.15) is 5.26 Å². The molecule has 3 rings (SSSR count). The van der Waals surface area contributed by atoms with Crippen molar-refractivity contribution in [3.05, 3.63) is 39.5 Å².